The molecule has 0 radical (unpaired) electrons. The summed E-state index contributed by atoms with van der Waals surface area (Å²) in [7, 11) is 0. The van der Waals surface area contributed by atoms with E-state index in [1.54, 1.807) is 36.4 Å². The SMILES string of the molecule is CCCCNC(C(=O)O)c1cccc2c(C(NCCCF)C(=O)O)cccc12. The number of fused-ring (bicyclic) bond motifs is 1. The van der Waals surface area contributed by atoms with E-state index in [0.29, 0.717) is 28.4 Å². The van der Waals surface area contributed by atoms with E-state index in [4.69, 9.17) is 0 Å². The first-order valence-corrected chi connectivity index (χ1v) is 9.51. The number of rotatable bonds is 12. The highest BCUT2D eigenvalue weighted by Crippen LogP contribution is 2.30. The molecule has 2 unspecified atom stereocenters. The standard InChI is InChI=1S/C21H27FN2O4/c1-2-3-12-23-18(20(25)26)16-9-4-8-15-14(16)7-5-10-17(15)19(21(27)28)24-13-6-11-22/h4-5,7-10,18-19,23-24H,2-3,6,11-13H2,1H3,(H,25,26)(H,27,28). The first kappa shape index (κ1) is 21.8. The summed E-state index contributed by atoms with van der Waals surface area (Å²) < 4.78 is 12.4. The average molecular weight is 390 g/mol. The third kappa shape index (κ3) is 5.27. The molecule has 7 heteroatoms. The summed E-state index contributed by atoms with van der Waals surface area (Å²) in [6, 6.07) is 8.61. The molecule has 0 aliphatic carbocycles. The highest BCUT2D eigenvalue weighted by Gasteiger charge is 2.25. The Bertz CT molecular complexity index is 745. The fourth-order valence-electron chi connectivity index (χ4n) is 3.26. The number of carboxylic acids is 2. The van der Waals surface area contributed by atoms with Gasteiger partial charge in [0.15, 0.2) is 0 Å². The molecule has 0 aromatic heterocycles. The number of carbonyl (C=O) groups is 2. The van der Waals surface area contributed by atoms with Crippen LogP contribution in [0, 0.1) is 0 Å². The van der Waals surface area contributed by atoms with Gasteiger partial charge in [0.1, 0.15) is 12.1 Å². The summed E-state index contributed by atoms with van der Waals surface area (Å²) in [5.74, 6) is -2.04. The van der Waals surface area contributed by atoms with Gasteiger partial charge in [-0.15, -0.1) is 0 Å². The molecule has 152 valence electrons. The van der Waals surface area contributed by atoms with Gasteiger partial charge in [0, 0.05) is 0 Å². The molecular formula is C21H27FN2O4. The lowest BCUT2D eigenvalue weighted by molar-refractivity contribution is -0.140. The summed E-state index contributed by atoms with van der Waals surface area (Å²) in [5, 5.41) is 26.6. The summed E-state index contributed by atoms with van der Waals surface area (Å²) in [6.45, 7) is 2.32. The highest BCUT2D eigenvalue weighted by molar-refractivity contribution is 5.95. The maximum atomic E-state index is 12.4. The van der Waals surface area contributed by atoms with Crippen LogP contribution in [0.1, 0.15) is 49.4 Å². The van der Waals surface area contributed by atoms with E-state index < -0.39 is 30.7 Å². The van der Waals surface area contributed by atoms with Gasteiger partial charge in [-0.3, -0.25) is 14.0 Å². The molecule has 4 N–H and O–H groups in total. The van der Waals surface area contributed by atoms with Crippen molar-refractivity contribution in [3.05, 3.63) is 47.5 Å². The number of hydrogen-bond donors (Lipinski definition) is 4. The maximum absolute atomic E-state index is 12.4. The van der Waals surface area contributed by atoms with Crippen LogP contribution in [0.3, 0.4) is 0 Å². The number of halogens is 1. The van der Waals surface area contributed by atoms with Crippen LogP contribution in [0.2, 0.25) is 0 Å². The lowest BCUT2D eigenvalue weighted by Gasteiger charge is -2.20. The molecule has 0 bridgehead atoms. The molecular weight excluding hydrogens is 363 g/mol. The summed E-state index contributed by atoms with van der Waals surface area (Å²) in [6.07, 6.45) is 2.03. The lowest BCUT2D eigenvalue weighted by atomic mass is 9.93. The van der Waals surface area contributed by atoms with Crippen LogP contribution in [0.25, 0.3) is 10.8 Å². The number of carboxylic acid groups (broad SMARTS) is 2. The second kappa shape index (κ2) is 10.7. The number of alkyl halides is 1. The Balaban J connectivity index is 2.47. The van der Waals surface area contributed by atoms with Crippen molar-refractivity contribution in [1.29, 1.82) is 0 Å². The number of benzene rings is 2. The van der Waals surface area contributed by atoms with Crippen LogP contribution in [0.4, 0.5) is 4.39 Å². The number of hydrogen-bond acceptors (Lipinski definition) is 4. The van der Waals surface area contributed by atoms with E-state index in [1.165, 1.54) is 0 Å². The Kier molecular flexibility index (Phi) is 8.35. The minimum Gasteiger partial charge on any atom is -0.480 e. The molecule has 6 nitrogen and oxygen atoms in total. The minimum atomic E-state index is -1.06. The van der Waals surface area contributed by atoms with E-state index in [9.17, 15) is 24.2 Å². The molecule has 0 saturated carbocycles. The zero-order valence-electron chi connectivity index (χ0n) is 16.0. The van der Waals surface area contributed by atoms with Crippen molar-refractivity contribution in [3.8, 4) is 0 Å². The summed E-state index contributed by atoms with van der Waals surface area (Å²) in [5.41, 5.74) is 1.12. The number of nitrogens with one attached hydrogen (secondary N) is 2. The van der Waals surface area contributed by atoms with E-state index in [0.717, 1.165) is 12.8 Å². The second-order valence-electron chi connectivity index (χ2n) is 6.64. The topological polar surface area (TPSA) is 98.7 Å². The molecule has 0 saturated heterocycles. The van der Waals surface area contributed by atoms with Crippen molar-refractivity contribution in [1.82, 2.24) is 10.6 Å². The predicted octanol–water partition coefficient (Wildman–Crippen LogP) is 3.43. The fraction of sp³-hybridized carbons (Fsp3) is 0.429. The zero-order chi connectivity index (χ0) is 20.5. The molecule has 0 fully saturated rings. The molecule has 28 heavy (non-hydrogen) atoms. The quantitative estimate of drug-likeness (QED) is 0.415. The van der Waals surface area contributed by atoms with Gasteiger partial charge in [0.2, 0.25) is 0 Å². The van der Waals surface area contributed by atoms with Crippen molar-refractivity contribution in [3.63, 3.8) is 0 Å². The largest absolute Gasteiger partial charge is 0.480 e. The van der Waals surface area contributed by atoms with Crippen LogP contribution >= 0.6 is 0 Å². The van der Waals surface area contributed by atoms with Crippen LogP contribution < -0.4 is 10.6 Å². The van der Waals surface area contributed by atoms with E-state index >= 15 is 0 Å². The highest BCUT2D eigenvalue weighted by atomic mass is 19.1. The molecule has 0 heterocycles. The van der Waals surface area contributed by atoms with Gasteiger partial charge >= 0.3 is 11.9 Å². The Morgan fingerprint density at radius 3 is 1.75 bits per heavy atom. The third-order valence-corrected chi connectivity index (χ3v) is 4.64. The van der Waals surface area contributed by atoms with Gasteiger partial charge in [-0.25, -0.2) is 0 Å². The van der Waals surface area contributed by atoms with Crippen molar-refractivity contribution in [2.45, 2.75) is 38.3 Å². The van der Waals surface area contributed by atoms with Gasteiger partial charge in [-0.2, -0.15) is 0 Å². The first-order valence-electron chi connectivity index (χ1n) is 9.51. The Morgan fingerprint density at radius 1 is 0.893 bits per heavy atom. The smallest absolute Gasteiger partial charge is 0.325 e. The molecule has 2 rings (SSSR count). The van der Waals surface area contributed by atoms with Crippen LogP contribution in [-0.2, 0) is 9.59 Å². The molecule has 0 spiro atoms. The van der Waals surface area contributed by atoms with Crippen molar-refractivity contribution >= 4 is 22.7 Å². The Morgan fingerprint density at radius 2 is 1.36 bits per heavy atom. The molecule has 2 aromatic carbocycles. The van der Waals surface area contributed by atoms with E-state index in [2.05, 4.69) is 10.6 Å². The van der Waals surface area contributed by atoms with Gasteiger partial charge in [-0.1, -0.05) is 49.7 Å². The molecule has 0 amide bonds. The molecule has 0 aliphatic rings. The third-order valence-electron chi connectivity index (χ3n) is 4.64. The summed E-state index contributed by atoms with van der Waals surface area (Å²) >= 11 is 0. The number of aliphatic carboxylic acids is 2. The van der Waals surface area contributed by atoms with E-state index in [-0.39, 0.29) is 13.0 Å². The monoisotopic (exact) mass is 390 g/mol. The van der Waals surface area contributed by atoms with Crippen LogP contribution in [-0.4, -0.2) is 41.9 Å². The zero-order valence-corrected chi connectivity index (χ0v) is 16.0. The van der Waals surface area contributed by atoms with Crippen molar-refractivity contribution < 1.29 is 24.2 Å². The average Bonchev–Trinajstić information content (AvgIpc) is 2.68. The normalized spacial score (nSPS) is 13.4. The number of unbranched alkanes of at least 4 members (excludes halogenated alkanes) is 1. The predicted molar refractivity (Wildman–Crippen MR) is 106 cm³/mol. The van der Waals surface area contributed by atoms with Crippen molar-refractivity contribution in [2.75, 3.05) is 19.8 Å². The van der Waals surface area contributed by atoms with E-state index in [1.807, 2.05) is 6.92 Å². The van der Waals surface area contributed by atoms with Crippen molar-refractivity contribution in [2.24, 2.45) is 0 Å². The van der Waals surface area contributed by atoms with Gasteiger partial charge < -0.3 is 20.8 Å². The Labute approximate surface area is 163 Å². The fourth-order valence-corrected chi connectivity index (χ4v) is 3.26. The first-order chi connectivity index (χ1) is 13.5. The molecule has 0 aliphatic heterocycles. The summed E-state index contributed by atoms with van der Waals surface area (Å²) in [4.78, 5) is 23.6. The Hall–Kier alpha value is -2.51. The molecule has 2 atom stereocenters. The lowest BCUT2D eigenvalue weighted by Crippen LogP contribution is -2.30. The maximum Gasteiger partial charge on any atom is 0.325 e. The van der Waals surface area contributed by atoms with Crippen LogP contribution in [0.5, 0.6) is 0 Å². The molecule has 2 aromatic rings. The van der Waals surface area contributed by atoms with Gasteiger partial charge in [0.05, 0.1) is 6.67 Å². The van der Waals surface area contributed by atoms with Crippen LogP contribution in [0.15, 0.2) is 36.4 Å². The second-order valence-corrected chi connectivity index (χ2v) is 6.64. The van der Waals surface area contributed by atoms with Gasteiger partial charge in [0.25, 0.3) is 0 Å². The van der Waals surface area contributed by atoms with Gasteiger partial charge in [-0.05, 0) is 47.8 Å². The minimum absolute atomic E-state index is 0.224.